The molecule has 0 radical (unpaired) electrons. The summed E-state index contributed by atoms with van der Waals surface area (Å²) in [4.78, 5) is 41.1. The third-order valence-corrected chi connectivity index (χ3v) is 4.75. The maximum absolute atomic E-state index is 13.0. The average molecular weight is 396 g/mol. The molecule has 0 fully saturated rings. The fraction of sp³-hybridized carbons (Fsp3) is 0.318. The number of esters is 1. The lowest BCUT2D eigenvalue weighted by Gasteiger charge is -2.22. The van der Waals surface area contributed by atoms with Gasteiger partial charge in [0.1, 0.15) is 6.04 Å². The van der Waals surface area contributed by atoms with Crippen LogP contribution in [0.4, 0.5) is 0 Å². The maximum atomic E-state index is 13.0. The van der Waals surface area contributed by atoms with Gasteiger partial charge in [0, 0.05) is 22.2 Å². The molecule has 0 aliphatic heterocycles. The minimum absolute atomic E-state index is 0.0991. The molecule has 3 rings (SSSR count). The Morgan fingerprint density at radius 1 is 1.07 bits per heavy atom. The Balaban J connectivity index is 1.74. The molecule has 29 heavy (non-hydrogen) atoms. The number of fused-ring (bicyclic) bond motifs is 1. The molecule has 0 aliphatic rings. The van der Waals surface area contributed by atoms with Crippen molar-refractivity contribution < 1.29 is 23.5 Å². The number of carbonyl (C=O) groups excluding carboxylic acids is 3. The predicted molar refractivity (Wildman–Crippen MR) is 108 cm³/mol. The third kappa shape index (κ3) is 4.23. The zero-order valence-corrected chi connectivity index (χ0v) is 16.8. The lowest BCUT2D eigenvalue weighted by molar-refractivity contribution is -0.149. The summed E-state index contributed by atoms with van der Waals surface area (Å²) in [5.74, 6) is -1.62. The Bertz CT molecular complexity index is 1030. The summed E-state index contributed by atoms with van der Waals surface area (Å²) in [5, 5.41) is 3.40. The standard InChI is InChI=1S/C22H24N2O5/c1-12(2)19(24-21(26)17-10-7-11-28-17)22(27)29-14(4)20(25)18-13(3)23-16-9-6-5-8-15(16)18/h5-12,14,19,23H,1-4H3,(H,24,26)/t14-,19+/m1/s1. The van der Waals surface area contributed by atoms with Gasteiger partial charge in [0.2, 0.25) is 5.78 Å². The van der Waals surface area contributed by atoms with E-state index in [2.05, 4.69) is 10.3 Å². The number of rotatable bonds is 7. The van der Waals surface area contributed by atoms with E-state index in [1.165, 1.54) is 19.3 Å². The summed E-state index contributed by atoms with van der Waals surface area (Å²) >= 11 is 0. The molecule has 152 valence electrons. The molecule has 0 unspecified atom stereocenters. The zero-order valence-electron chi connectivity index (χ0n) is 16.8. The normalized spacial score (nSPS) is 13.3. The molecule has 2 aromatic heterocycles. The molecule has 2 atom stereocenters. The van der Waals surface area contributed by atoms with Crippen molar-refractivity contribution in [1.29, 1.82) is 0 Å². The number of furan rings is 1. The van der Waals surface area contributed by atoms with E-state index in [1.807, 2.05) is 31.2 Å². The van der Waals surface area contributed by atoms with E-state index in [9.17, 15) is 14.4 Å². The lowest BCUT2D eigenvalue weighted by atomic mass is 10.0. The van der Waals surface area contributed by atoms with Crippen LogP contribution in [0.25, 0.3) is 10.9 Å². The fourth-order valence-electron chi connectivity index (χ4n) is 3.22. The topological polar surface area (TPSA) is 101 Å². The Morgan fingerprint density at radius 2 is 1.79 bits per heavy atom. The van der Waals surface area contributed by atoms with Gasteiger partial charge in [0.15, 0.2) is 11.9 Å². The molecule has 7 nitrogen and oxygen atoms in total. The number of aromatic amines is 1. The van der Waals surface area contributed by atoms with E-state index in [0.717, 1.165) is 10.9 Å². The van der Waals surface area contributed by atoms with E-state index >= 15 is 0 Å². The molecule has 7 heteroatoms. The highest BCUT2D eigenvalue weighted by atomic mass is 16.5. The van der Waals surface area contributed by atoms with Crippen LogP contribution in [-0.2, 0) is 9.53 Å². The Kier molecular flexibility index (Phi) is 5.87. The van der Waals surface area contributed by atoms with Crippen LogP contribution in [0.2, 0.25) is 0 Å². The number of ketones is 1. The minimum atomic E-state index is -0.998. The zero-order chi connectivity index (χ0) is 21.1. The first kappa shape index (κ1) is 20.4. The quantitative estimate of drug-likeness (QED) is 0.469. The molecular formula is C22H24N2O5. The van der Waals surface area contributed by atoms with Crippen LogP contribution in [0.15, 0.2) is 47.1 Å². The molecule has 3 aromatic rings. The molecule has 2 heterocycles. The largest absolute Gasteiger partial charge is 0.459 e. The monoisotopic (exact) mass is 396 g/mol. The molecule has 0 aliphatic carbocycles. The molecule has 1 aromatic carbocycles. The molecule has 1 amide bonds. The van der Waals surface area contributed by atoms with Crippen molar-refractivity contribution in [3.63, 3.8) is 0 Å². The SMILES string of the molecule is Cc1[nH]c2ccccc2c1C(=O)[C@@H](C)OC(=O)[C@@H](NC(=O)c1ccco1)C(C)C. The number of hydrogen-bond acceptors (Lipinski definition) is 5. The number of Topliss-reactive ketones (excluding diaryl/α,β-unsaturated/α-hetero) is 1. The third-order valence-electron chi connectivity index (χ3n) is 4.75. The fourth-order valence-corrected chi connectivity index (χ4v) is 3.22. The smallest absolute Gasteiger partial charge is 0.329 e. The first-order chi connectivity index (χ1) is 13.8. The Labute approximate surface area is 168 Å². The summed E-state index contributed by atoms with van der Waals surface area (Å²) in [6.45, 7) is 6.91. The van der Waals surface area contributed by atoms with Crippen molar-refractivity contribution in [3.05, 3.63) is 59.7 Å². The number of carbonyl (C=O) groups is 3. The summed E-state index contributed by atoms with van der Waals surface area (Å²) in [6, 6.07) is 9.64. The minimum Gasteiger partial charge on any atom is -0.459 e. The Hall–Kier alpha value is -3.35. The highest BCUT2D eigenvalue weighted by molar-refractivity contribution is 6.11. The number of aryl methyl sites for hydroxylation is 1. The first-order valence-corrected chi connectivity index (χ1v) is 9.46. The molecule has 0 spiro atoms. The van der Waals surface area contributed by atoms with Crippen LogP contribution >= 0.6 is 0 Å². The van der Waals surface area contributed by atoms with E-state index in [-0.39, 0.29) is 17.5 Å². The highest BCUT2D eigenvalue weighted by Crippen LogP contribution is 2.24. The van der Waals surface area contributed by atoms with Gasteiger partial charge in [-0.1, -0.05) is 32.0 Å². The number of ether oxygens (including phenoxy) is 1. The summed E-state index contributed by atoms with van der Waals surface area (Å²) in [6.07, 6.45) is 0.379. The van der Waals surface area contributed by atoms with Gasteiger partial charge in [0.25, 0.3) is 5.91 Å². The van der Waals surface area contributed by atoms with E-state index in [0.29, 0.717) is 11.3 Å². The van der Waals surface area contributed by atoms with E-state index < -0.39 is 24.0 Å². The highest BCUT2D eigenvalue weighted by Gasteiger charge is 2.31. The second-order valence-electron chi connectivity index (χ2n) is 7.29. The average Bonchev–Trinajstić information content (AvgIpc) is 3.32. The van der Waals surface area contributed by atoms with Gasteiger partial charge < -0.3 is 19.5 Å². The number of H-pyrrole nitrogens is 1. The van der Waals surface area contributed by atoms with Crippen LogP contribution in [0.3, 0.4) is 0 Å². The van der Waals surface area contributed by atoms with Crippen LogP contribution in [-0.4, -0.2) is 34.8 Å². The van der Waals surface area contributed by atoms with Crippen LogP contribution in [0, 0.1) is 12.8 Å². The number of benzene rings is 1. The van der Waals surface area contributed by atoms with Crippen molar-refractivity contribution in [3.8, 4) is 0 Å². The lowest BCUT2D eigenvalue weighted by Crippen LogP contribution is -2.46. The Morgan fingerprint density at radius 3 is 2.45 bits per heavy atom. The van der Waals surface area contributed by atoms with Crippen molar-refractivity contribution in [1.82, 2.24) is 10.3 Å². The number of aromatic nitrogens is 1. The first-order valence-electron chi connectivity index (χ1n) is 9.46. The summed E-state index contributed by atoms with van der Waals surface area (Å²) in [7, 11) is 0. The number of nitrogens with one attached hydrogen (secondary N) is 2. The van der Waals surface area contributed by atoms with E-state index in [4.69, 9.17) is 9.15 Å². The molecule has 2 N–H and O–H groups in total. The van der Waals surface area contributed by atoms with Crippen LogP contribution in [0.5, 0.6) is 0 Å². The van der Waals surface area contributed by atoms with Gasteiger partial charge in [-0.25, -0.2) is 4.79 Å². The van der Waals surface area contributed by atoms with Gasteiger partial charge in [-0.05, 0) is 38.0 Å². The van der Waals surface area contributed by atoms with Gasteiger partial charge in [-0.15, -0.1) is 0 Å². The van der Waals surface area contributed by atoms with Crippen molar-refractivity contribution in [2.45, 2.75) is 39.8 Å². The number of hydrogen-bond donors (Lipinski definition) is 2. The number of amides is 1. The molecule has 0 bridgehead atoms. The maximum Gasteiger partial charge on any atom is 0.329 e. The molecule has 0 saturated heterocycles. The summed E-state index contributed by atoms with van der Waals surface area (Å²) < 4.78 is 10.5. The van der Waals surface area contributed by atoms with Crippen LogP contribution in [0.1, 0.15) is 47.4 Å². The van der Waals surface area contributed by atoms with Crippen LogP contribution < -0.4 is 5.32 Å². The van der Waals surface area contributed by atoms with Gasteiger partial charge in [0.05, 0.1) is 6.26 Å². The van der Waals surface area contributed by atoms with Gasteiger partial charge in [-0.3, -0.25) is 9.59 Å². The van der Waals surface area contributed by atoms with Gasteiger partial charge in [-0.2, -0.15) is 0 Å². The van der Waals surface area contributed by atoms with Crippen molar-refractivity contribution >= 4 is 28.6 Å². The summed E-state index contributed by atoms with van der Waals surface area (Å²) in [5.41, 5.74) is 2.06. The predicted octanol–water partition coefficient (Wildman–Crippen LogP) is 3.64. The van der Waals surface area contributed by atoms with Crippen molar-refractivity contribution in [2.75, 3.05) is 0 Å². The molecular weight excluding hydrogens is 372 g/mol. The molecule has 0 saturated carbocycles. The second-order valence-corrected chi connectivity index (χ2v) is 7.29. The second kappa shape index (κ2) is 8.34. The van der Waals surface area contributed by atoms with Gasteiger partial charge >= 0.3 is 5.97 Å². The van der Waals surface area contributed by atoms with Crippen molar-refractivity contribution in [2.24, 2.45) is 5.92 Å². The van der Waals surface area contributed by atoms with E-state index in [1.54, 1.807) is 19.9 Å². The number of para-hydroxylation sites is 1.